The molecule has 0 saturated heterocycles. The van der Waals surface area contributed by atoms with Crippen molar-refractivity contribution in [2.45, 2.75) is 39.3 Å². The molecule has 3 rings (SSSR count). The standard InChI is InChI=1S/C23H25F3N4O/c1-3-5-13-31-19-8-6-7-18(14-19)28-21-20(23(24,25)26)15-27-22(30-21)29-17-11-9-16(4-2)10-12-17/h6-12,14-15H,3-5,13H2,1-2H3,(H2,27,28,29,30). The second-order valence-corrected chi connectivity index (χ2v) is 6.98. The first kappa shape index (κ1) is 22.4. The number of anilines is 4. The van der Waals surface area contributed by atoms with Crippen LogP contribution in [-0.2, 0) is 12.6 Å². The summed E-state index contributed by atoms with van der Waals surface area (Å²) in [5, 5.41) is 5.71. The Morgan fingerprint density at radius 3 is 2.42 bits per heavy atom. The van der Waals surface area contributed by atoms with E-state index in [0.717, 1.165) is 31.0 Å². The predicted molar refractivity (Wildman–Crippen MR) is 116 cm³/mol. The van der Waals surface area contributed by atoms with Crippen LogP contribution in [-0.4, -0.2) is 16.6 Å². The summed E-state index contributed by atoms with van der Waals surface area (Å²) in [6.07, 6.45) is -1.04. The van der Waals surface area contributed by atoms with E-state index in [1.807, 2.05) is 31.2 Å². The molecule has 31 heavy (non-hydrogen) atoms. The maximum absolute atomic E-state index is 13.5. The number of aryl methyl sites for hydroxylation is 1. The van der Waals surface area contributed by atoms with Crippen molar-refractivity contribution < 1.29 is 17.9 Å². The van der Waals surface area contributed by atoms with E-state index in [1.54, 1.807) is 24.3 Å². The first-order valence-corrected chi connectivity index (χ1v) is 10.2. The zero-order valence-electron chi connectivity index (χ0n) is 17.5. The van der Waals surface area contributed by atoms with E-state index in [9.17, 15) is 13.2 Å². The fourth-order valence-electron chi connectivity index (χ4n) is 2.83. The molecule has 0 spiro atoms. The van der Waals surface area contributed by atoms with Crippen LogP contribution in [0.3, 0.4) is 0 Å². The second-order valence-electron chi connectivity index (χ2n) is 6.98. The maximum Gasteiger partial charge on any atom is 0.421 e. The number of hydrogen-bond donors (Lipinski definition) is 2. The van der Waals surface area contributed by atoms with Crippen LogP contribution in [0.4, 0.5) is 36.3 Å². The van der Waals surface area contributed by atoms with E-state index in [1.165, 1.54) is 0 Å². The third kappa shape index (κ3) is 6.34. The first-order chi connectivity index (χ1) is 14.9. The van der Waals surface area contributed by atoms with E-state index in [2.05, 4.69) is 27.5 Å². The molecule has 0 fully saturated rings. The molecule has 0 atom stereocenters. The highest BCUT2D eigenvalue weighted by Gasteiger charge is 2.35. The van der Waals surface area contributed by atoms with Crippen molar-refractivity contribution >= 4 is 23.1 Å². The molecule has 164 valence electrons. The Morgan fingerprint density at radius 2 is 1.74 bits per heavy atom. The van der Waals surface area contributed by atoms with Gasteiger partial charge in [-0.25, -0.2) is 4.98 Å². The highest BCUT2D eigenvalue weighted by atomic mass is 19.4. The number of alkyl halides is 3. The minimum absolute atomic E-state index is 0.0649. The van der Waals surface area contributed by atoms with Gasteiger partial charge in [0, 0.05) is 23.6 Å². The molecule has 1 aromatic heterocycles. The van der Waals surface area contributed by atoms with Gasteiger partial charge in [0.05, 0.1) is 6.61 Å². The van der Waals surface area contributed by atoms with Crippen LogP contribution in [0.5, 0.6) is 5.75 Å². The number of unbranched alkanes of at least 4 members (excludes halogenated alkanes) is 1. The molecule has 0 bridgehead atoms. The lowest BCUT2D eigenvalue weighted by Crippen LogP contribution is -2.12. The van der Waals surface area contributed by atoms with E-state index < -0.39 is 11.7 Å². The van der Waals surface area contributed by atoms with Crippen molar-refractivity contribution in [3.8, 4) is 5.75 Å². The van der Waals surface area contributed by atoms with Crippen molar-refractivity contribution in [3.63, 3.8) is 0 Å². The Balaban J connectivity index is 1.84. The zero-order valence-corrected chi connectivity index (χ0v) is 17.5. The quantitative estimate of drug-likeness (QED) is 0.369. The van der Waals surface area contributed by atoms with Gasteiger partial charge in [0.1, 0.15) is 17.1 Å². The maximum atomic E-state index is 13.5. The molecule has 0 unspecified atom stereocenters. The average Bonchev–Trinajstić information content (AvgIpc) is 2.74. The van der Waals surface area contributed by atoms with Gasteiger partial charge >= 0.3 is 6.18 Å². The monoisotopic (exact) mass is 430 g/mol. The van der Waals surface area contributed by atoms with Gasteiger partial charge in [-0.2, -0.15) is 18.2 Å². The average molecular weight is 430 g/mol. The minimum atomic E-state index is -4.60. The number of benzene rings is 2. The molecular weight excluding hydrogens is 405 g/mol. The van der Waals surface area contributed by atoms with Gasteiger partial charge < -0.3 is 15.4 Å². The first-order valence-electron chi connectivity index (χ1n) is 10.2. The fourth-order valence-corrected chi connectivity index (χ4v) is 2.83. The van der Waals surface area contributed by atoms with Crippen molar-refractivity contribution in [2.24, 2.45) is 0 Å². The SMILES string of the molecule is CCCCOc1cccc(Nc2nc(Nc3ccc(CC)cc3)ncc2C(F)(F)F)c1. The molecule has 0 aliphatic carbocycles. The third-order valence-corrected chi connectivity index (χ3v) is 4.58. The second kappa shape index (κ2) is 10.1. The Hall–Kier alpha value is -3.29. The van der Waals surface area contributed by atoms with Gasteiger partial charge in [-0.05, 0) is 42.7 Å². The highest BCUT2D eigenvalue weighted by molar-refractivity contribution is 5.64. The summed E-state index contributed by atoms with van der Waals surface area (Å²) in [6.45, 7) is 4.65. The molecular formula is C23H25F3N4O. The Kier molecular flexibility index (Phi) is 7.33. The van der Waals surface area contributed by atoms with Crippen LogP contribution >= 0.6 is 0 Å². The number of halogens is 3. The summed E-state index contributed by atoms with van der Waals surface area (Å²) >= 11 is 0. The number of aromatic nitrogens is 2. The van der Waals surface area contributed by atoms with Crippen LogP contribution < -0.4 is 15.4 Å². The summed E-state index contributed by atoms with van der Waals surface area (Å²) in [4.78, 5) is 7.93. The predicted octanol–water partition coefficient (Wildman–Crippen LogP) is 6.72. The van der Waals surface area contributed by atoms with Crippen LogP contribution in [0.2, 0.25) is 0 Å². The van der Waals surface area contributed by atoms with Crippen molar-refractivity contribution in [2.75, 3.05) is 17.2 Å². The normalized spacial score (nSPS) is 11.3. The summed E-state index contributed by atoms with van der Waals surface area (Å²) in [6, 6.07) is 14.3. The molecule has 2 N–H and O–H groups in total. The molecule has 1 heterocycles. The summed E-state index contributed by atoms with van der Waals surface area (Å²) in [5.41, 5.74) is 1.34. The van der Waals surface area contributed by atoms with Crippen molar-refractivity contribution in [1.29, 1.82) is 0 Å². The molecule has 0 aliphatic heterocycles. The number of ether oxygens (including phenoxy) is 1. The molecule has 0 radical (unpaired) electrons. The van der Waals surface area contributed by atoms with E-state index in [4.69, 9.17) is 4.74 Å². The van der Waals surface area contributed by atoms with Crippen molar-refractivity contribution in [3.05, 3.63) is 65.9 Å². The molecule has 5 nitrogen and oxygen atoms in total. The summed E-state index contributed by atoms with van der Waals surface area (Å²) in [5.74, 6) is 0.311. The van der Waals surface area contributed by atoms with Gasteiger partial charge in [-0.3, -0.25) is 0 Å². The number of nitrogens with zero attached hydrogens (tertiary/aromatic N) is 2. The van der Waals surface area contributed by atoms with Crippen molar-refractivity contribution in [1.82, 2.24) is 9.97 Å². The van der Waals surface area contributed by atoms with E-state index in [0.29, 0.717) is 23.7 Å². The number of rotatable bonds is 9. The fraction of sp³-hybridized carbons (Fsp3) is 0.304. The van der Waals surface area contributed by atoms with Crippen LogP contribution in [0.15, 0.2) is 54.7 Å². The third-order valence-electron chi connectivity index (χ3n) is 4.58. The molecule has 8 heteroatoms. The Labute approximate surface area is 179 Å². The lowest BCUT2D eigenvalue weighted by molar-refractivity contribution is -0.137. The Morgan fingerprint density at radius 1 is 0.968 bits per heavy atom. The van der Waals surface area contributed by atoms with Crippen LogP contribution in [0, 0.1) is 0 Å². The number of hydrogen-bond acceptors (Lipinski definition) is 5. The molecule has 0 aliphatic rings. The minimum Gasteiger partial charge on any atom is -0.494 e. The zero-order chi connectivity index (χ0) is 22.3. The Bertz CT molecular complexity index is 991. The topological polar surface area (TPSA) is 59.1 Å². The van der Waals surface area contributed by atoms with Crippen LogP contribution in [0.25, 0.3) is 0 Å². The highest BCUT2D eigenvalue weighted by Crippen LogP contribution is 2.35. The lowest BCUT2D eigenvalue weighted by atomic mass is 10.1. The number of nitrogens with one attached hydrogen (secondary N) is 2. The van der Waals surface area contributed by atoms with Gasteiger partial charge in [-0.1, -0.05) is 38.5 Å². The molecule has 2 aromatic carbocycles. The van der Waals surface area contributed by atoms with E-state index in [-0.39, 0.29) is 11.8 Å². The summed E-state index contributed by atoms with van der Waals surface area (Å²) in [7, 11) is 0. The van der Waals surface area contributed by atoms with Crippen LogP contribution in [0.1, 0.15) is 37.8 Å². The van der Waals surface area contributed by atoms with Gasteiger partial charge in [-0.15, -0.1) is 0 Å². The molecule has 0 saturated carbocycles. The largest absolute Gasteiger partial charge is 0.494 e. The smallest absolute Gasteiger partial charge is 0.421 e. The molecule has 3 aromatic rings. The molecule has 0 amide bonds. The van der Waals surface area contributed by atoms with Gasteiger partial charge in [0.25, 0.3) is 0 Å². The van der Waals surface area contributed by atoms with Gasteiger partial charge in [0.15, 0.2) is 0 Å². The van der Waals surface area contributed by atoms with E-state index >= 15 is 0 Å². The van der Waals surface area contributed by atoms with Gasteiger partial charge in [0.2, 0.25) is 5.95 Å². The lowest BCUT2D eigenvalue weighted by Gasteiger charge is -2.15. The summed E-state index contributed by atoms with van der Waals surface area (Å²) < 4.78 is 46.2.